The molecule has 1 aromatic carbocycles. The van der Waals surface area contributed by atoms with Crippen molar-refractivity contribution in [3.63, 3.8) is 0 Å². The zero-order chi connectivity index (χ0) is 24.4. The lowest BCUT2D eigenvalue weighted by atomic mass is 10.1. The first-order valence-electron chi connectivity index (χ1n) is 11.6. The Balaban J connectivity index is 1.32. The van der Waals surface area contributed by atoms with Crippen molar-refractivity contribution in [2.75, 3.05) is 33.7 Å². The van der Waals surface area contributed by atoms with Crippen LogP contribution in [0.5, 0.6) is 0 Å². The molecular weight excluding hydrogens is 456 g/mol. The summed E-state index contributed by atoms with van der Waals surface area (Å²) in [4.78, 5) is 37.4. The number of fused-ring (bicyclic) bond motifs is 2. The molecule has 2 amide bonds. The van der Waals surface area contributed by atoms with Crippen LogP contribution in [0.15, 0.2) is 29.2 Å². The van der Waals surface area contributed by atoms with Crippen molar-refractivity contribution in [1.29, 1.82) is 5.26 Å². The fraction of sp³-hybridized carbons (Fsp3) is 0.609. The maximum absolute atomic E-state index is 13.2. The molecule has 2 N–H and O–H groups in total. The lowest BCUT2D eigenvalue weighted by molar-refractivity contribution is -0.340. The first-order chi connectivity index (χ1) is 16.3. The number of hydrogen-bond donors (Lipinski definition) is 1. The van der Waals surface area contributed by atoms with E-state index in [9.17, 15) is 14.9 Å². The zero-order valence-electron chi connectivity index (χ0n) is 19.8. The Kier molecular flexibility index (Phi) is 7.77. The van der Waals surface area contributed by atoms with Gasteiger partial charge >= 0.3 is 0 Å². The first kappa shape index (κ1) is 24.9. The molecule has 0 aliphatic carbocycles. The van der Waals surface area contributed by atoms with Crippen molar-refractivity contribution in [1.82, 2.24) is 19.8 Å². The summed E-state index contributed by atoms with van der Waals surface area (Å²) in [6.45, 7) is 3.66. The van der Waals surface area contributed by atoms with Crippen LogP contribution < -0.4 is 5.73 Å². The van der Waals surface area contributed by atoms with E-state index in [1.54, 1.807) is 19.0 Å². The summed E-state index contributed by atoms with van der Waals surface area (Å²) in [6, 6.07) is 8.75. The average molecular weight is 489 g/mol. The molecule has 3 aliphatic heterocycles. The lowest BCUT2D eigenvalue weighted by Crippen LogP contribution is -2.56. The summed E-state index contributed by atoms with van der Waals surface area (Å²) >= 11 is 1.12. The number of hydroxylamine groups is 2. The van der Waals surface area contributed by atoms with Crippen LogP contribution in [-0.2, 0) is 18.9 Å². The van der Waals surface area contributed by atoms with E-state index in [1.165, 1.54) is 5.06 Å². The van der Waals surface area contributed by atoms with Gasteiger partial charge in [-0.3, -0.25) is 14.5 Å². The minimum Gasteiger partial charge on any atom is -0.330 e. The molecule has 5 atom stereocenters. The van der Waals surface area contributed by atoms with E-state index in [0.717, 1.165) is 35.3 Å². The van der Waals surface area contributed by atoms with Crippen LogP contribution >= 0.6 is 12.0 Å². The number of amides is 2. The number of piperazine rings is 1. The van der Waals surface area contributed by atoms with Crippen LogP contribution in [0, 0.1) is 11.3 Å². The maximum atomic E-state index is 13.2. The number of benzene rings is 1. The van der Waals surface area contributed by atoms with Gasteiger partial charge in [-0.15, -0.1) is 9.32 Å². The summed E-state index contributed by atoms with van der Waals surface area (Å²) in [5.74, 6) is -0.108. The molecule has 4 rings (SSSR count). The van der Waals surface area contributed by atoms with Gasteiger partial charge in [0.1, 0.15) is 6.04 Å². The monoisotopic (exact) mass is 488 g/mol. The number of carbonyl (C=O) groups excluding carboxylic acids is 2. The van der Waals surface area contributed by atoms with Crippen molar-refractivity contribution in [3.8, 4) is 6.07 Å². The standard InChI is InChI=1S/C23H32N6O4S/c1-15(16-6-8-19(9-7-16)34-33-32-26(2)3)29-18-11-21(23(29)31)27(13-18)14-20(25)22(30)28-10-4-5-17(28)12-24/h6-9,15,17-18,20-21H,4-5,10-11,13-14,25H2,1-3H3/t15-,17+,18?,20+,21+/m1/s1. The van der Waals surface area contributed by atoms with E-state index < -0.39 is 6.04 Å². The normalized spacial score (nSPS) is 26.4. The Morgan fingerprint density at radius 2 is 2.09 bits per heavy atom. The summed E-state index contributed by atoms with van der Waals surface area (Å²) in [5, 5.41) is 10.7. The van der Waals surface area contributed by atoms with Crippen molar-refractivity contribution in [3.05, 3.63) is 29.8 Å². The number of nitriles is 1. The number of nitrogens with zero attached hydrogens (tertiary/aromatic N) is 5. The molecule has 3 fully saturated rings. The van der Waals surface area contributed by atoms with Gasteiger partial charge in [0, 0.05) is 44.7 Å². The van der Waals surface area contributed by atoms with E-state index in [-0.39, 0.29) is 36.0 Å². The first-order valence-corrected chi connectivity index (χ1v) is 12.3. The second-order valence-electron chi connectivity index (χ2n) is 9.31. The Bertz CT molecular complexity index is 938. The van der Waals surface area contributed by atoms with E-state index in [2.05, 4.69) is 6.07 Å². The SMILES string of the molecule is C[C@H](c1ccc(SOON(C)C)cc1)N1C(=O)[C@@H]2CC1CN2C[C@H](N)C(=O)N1CCC[C@H]1C#N. The topological polar surface area (TPSA) is 115 Å². The van der Waals surface area contributed by atoms with Gasteiger partial charge in [0.15, 0.2) is 0 Å². The molecule has 0 aromatic heterocycles. The molecule has 3 heterocycles. The Morgan fingerprint density at radius 1 is 1.35 bits per heavy atom. The summed E-state index contributed by atoms with van der Waals surface area (Å²) in [5.41, 5.74) is 7.28. The summed E-state index contributed by atoms with van der Waals surface area (Å²) < 4.78 is 5.06. The van der Waals surface area contributed by atoms with Gasteiger partial charge < -0.3 is 15.5 Å². The Morgan fingerprint density at radius 3 is 2.74 bits per heavy atom. The molecule has 0 saturated carbocycles. The highest BCUT2D eigenvalue weighted by molar-refractivity contribution is 7.94. The average Bonchev–Trinajstić information content (AvgIpc) is 3.53. The predicted molar refractivity (Wildman–Crippen MR) is 126 cm³/mol. The Hall–Kier alpha value is -2.20. The molecule has 0 radical (unpaired) electrons. The van der Waals surface area contributed by atoms with Gasteiger partial charge in [0.2, 0.25) is 11.8 Å². The highest BCUT2D eigenvalue weighted by Gasteiger charge is 2.51. The van der Waals surface area contributed by atoms with Gasteiger partial charge in [-0.25, -0.2) is 0 Å². The number of carbonyl (C=O) groups is 2. The van der Waals surface area contributed by atoms with Crippen molar-refractivity contribution in [2.45, 2.75) is 61.3 Å². The van der Waals surface area contributed by atoms with Crippen LogP contribution in [0.2, 0.25) is 0 Å². The zero-order valence-corrected chi connectivity index (χ0v) is 20.6. The highest BCUT2D eigenvalue weighted by atomic mass is 32.2. The largest absolute Gasteiger partial charge is 0.330 e. The van der Waals surface area contributed by atoms with E-state index in [0.29, 0.717) is 26.1 Å². The summed E-state index contributed by atoms with van der Waals surface area (Å²) in [7, 11) is 3.47. The molecule has 1 aromatic rings. The van der Waals surface area contributed by atoms with Crippen LogP contribution in [0.3, 0.4) is 0 Å². The third kappa shape index (κ3) is 5.07. The molecule has 184 valence electrons. The van der Waals surface area contributed by atoms with Gasteiger partial charge in [0.25, 0.3) is 0 Å². The second kappa shape index (κ2) is 10.6. The highest BCUT2D eigenvalue weighted by Crippen LogP contribution is 2.38. The summed E-state index contributed by atoms with van der Waals surface area (Å²) in [6.07, 6.45) is 2.27. The molecule has 2 bridgehead atoms. The molecule has 11 heteroatoms. The van der Waals surface area contributed by atoms with Crippen molar-refractivity contribution < 1.29 is 18.9 Å². The maximum Gasteiger partial charge on any atom is 0.241 e. The van der Waals surface area contributed by atoms with Crippen LogP contribution in [0.25, 0.3) is 0 Å². The van der Waals surface area contributed by atoms with Gasteiger partial charge in [-0.1, -0.05) is 12.1 Å². The van der Waals surface area contributed by atoms with Crippen molar-refractivity contribution in [2.24, 2.45) is 5.73 Å². The van der Waals surface area contributed by atoms with Crippen molar-refractivity contribution >= 4 is 23.9 Å². The van der Waals surface area contributed by atoms with Crippen LogP contribution in [0.4, 0.5) is 0 Å². The quantitative estimate of drug-likeness (QED) is 0.312. The Labute approximate surface area is 204 Å². The third-order valence-electron chi connectivity index (χ3n) is 6.84. The minimum absolute atomic E-state index is 0.0565. The molecule has 3 aliphatic rings. The number of likely N-dealkylation sites (tertiary alicyclic amines) is 3. The van der Waals surface area contributed by atoms with Crippen LogP contribution in [0.1, 0.15) is 37.8 Å². The van der Waals surface area contributed by atoms with Crippen LogP contribution in [-0.4, -0.2) is 89.5 Å². The lowest BCUT2D eigenvalue weighted by Gasteiger charge is -2.38. The fourth-order valence-electron chi connectivity index (χ4n) is 5.18. The molecule has 3 saturated heterocycles. The van der Waals surface area contributed by atoms with E-state index in [4.69, 9.17) is 15.1 Å². The van der Waals surface area contributed by atoms with E-state index >= 15 is 0 Å². The molecule has 0 spiro atoms. The molecule has 34 heavy (non-hydrogen) atoms. The predicted octanol–water partition coefficient (Wildman–Crippen LogP) is 1.31. The molecular formula is C23H32N6O4S. The fourth-order valence-corrected chi connectivity index (χ4v) is 5.66. The van der Waals surface area contributed by atoms with Gasteiger partial charge in [-0.2, -0.15) is 10.3 Å². The number of rotatable bonds is 9. The molecule has 1 unspecified atom stereocenters. The van der Waals surface area contributed by atoms with E-state index in [1.807, 2.05) is 41.0 Å². The van der Waals surface area contributed by atoms with Gasteiger partial charge in [0.05, 0.1) is 36.2 Å². The van der Waals surface area contributed by atoms with Gasteiger partial charge in [-0.05, 0) is 43.9 Å². The second-order valence-corrected chi connectivity index (χ2v) is 10.1. The minimum atomic E-state index is -0.726. The third-order valence-corrected chi connectivity index (χ3v) is 7.43. The molecule has 10 nitrogen and oxygen atoms in total. The number of hydrogen-bond acceptors (Lipinski definition) is 9. The smallest absolute Gasteiger partial charge is 0.241 e. The number of nitrogens with two attached hydrogens (primary N) is 1.